The lowest BCUT2D eigenvalue weighted by molar-refractivity contribution is 0.251. The van der Waals surface area contributed by atoms with E-state index in [2.05, 4.69) is 15.6 Å². The molecule has 0 saturated carbocycles. The van der Waals surface area contributed by atoms with Crippen LogP contribution in [0.3, 0.4) is 0 Å². The largest absolute Gasteiger partial charge is 0.334 e. The van der Waals surface area contributed by atoms with Crippen molar-refractivity contribution < 1.29 is 4.79 Å². The number of rotatable bonds is 1. The Kier molecular flexibility index (Phi) is 2.95. The lowest BCUT2D eigenvalue weighted by Crippen LogP contribution is -2.33. The number of anilines is 1. The van der Waals surface area contributed by atoms with Gasteiger partial charge in [0, 0.05) is 23.5 Å². The van der Waals surface area contributed by atoms with Gasteiger partial charge in [0.05, 0.1) is 0 Å². The Balaban J connectivity index is 2.12. The molecule has 6 nitrogen and oxygen atoms in total. The molecule has 0 fully saturated rings. The average molecular weight is 280 g/mol. The zero-order chi connectivity index (χ0) is 15.0. The highest BCUT2D eigenvalue weighted by atomic mass is 16.2. The number of fused-ring (bicyclic) bond motifs is 1. The number of aromatic amines is 1. The number of amides is 2. The minimum atomic E-state index is -0.384. The first-order valence-corrected chi connectivity index (χ1v) is 6.40. The molecule has 0 spiro atoms. The van der Waals surface area contributed by atoms with Crippen LogP contribution in [0.5, 0.6) is 0 Å². The van der Waals surface area contributed by atoms with E-state index in [9.17, 15) is 9.59 Å². The molecule has 3 rings (SSSR count). The van der Waals surface area contributed by atoms with E-state index in [1.807, 2.05) is 24.3 Å². The predicted octanol–water partition coefficient (Wildman–Crippen LogP) is 1.86. The molecule has 1 aliphatic rings. The van der Waals surface area contributed by atoms with Crippen molar-refractivity contribution in [2.24, 2.45) is 0 Å². The van der Waals surface area contributed by atoms with E-state index < -0.39 is 0 Å². The fourth-order valence-electron chi connectivity index (χ4n) is 2.38. The van der Waals surface area contributed by atoms with Crippen LogP contribution in [-0.4, -0.2) is 11.0 Å². The fourth-order valence-corrected chi connectivity index (χ4v) is 2.38. The summed E-state index contributed by atoms with van der Waals surface area (Å²) in [4.78, 5) is 25.5. The Morgan fingerprint density at radius 3 is 2.81 bits per heavy atom. The number of nitriles is 1. The average Bonchev–Trinajstić information content (AvgIpc) is 2.47. The fraction of sp³-hybridized carbons (Fsp3) is 0.133. The van der Waals surface area contributed by atoms with Gasteiger partial charge in [-0.1, -0.05) is 6.07 Å². The van der Waals surface area contributed by atoms with Crippen molar-refractivity contribution in [3.05, 3.63) is 51.4 Å². The second-order valence-corrected chi connectivity index (χ2v) is 4.84. The molecule has 0 bridgehead atoms. The number of nitrogens with zero attached hydrogens (tertiary/aromatic N) is 1. The summed E-state index contributed by atoms with van der Waals surface area (Å²) < 4.78 is 0. The van der Waals surface area contributed by atoms with Crippen molar-refractivity contribution in [2.75, 3.05) is 5.32 Å². The Morgan fingerprint density at radius 1 is 1.24 bits per heavy atom. The van der Waals surface area contributed by atoms with Crippen LogP contribution in [0.2, 0.25) is 0 Å². The second kappa shape index (κ2) is 4.80. The first-order valence-electron chi connectivity index (χ1n) is 6.40. The van der Waals surface area contributed by atoms with Crippen molar-refractivity contribution in [1.29, 1.82) is 5.26 Å². The smallest absolute Gasteiger partial charge is 0.319 e. The van der Waals surface area contributed by atoms with Crippen LogP contribution in [-0.2, 0) is 6.54 Å². The highest BCUT2D eigenvalue weighted by Gasteiger charge is 2.15. The van der Waals surface area contributed by atoms with Crippen LogP contribution < -0.4 is 16.2 Å². The van der Waals surface area contributed by atoms with Crippen molar-refractivity contribution in [2.45, 2.75) is 13.5 Å². The molecule has 1 aliphatic heterocycles. The highest BCUT2D eigenvalue weighted by Crippen LogP contribution is 2.28. The normalized spacial score (nSPS) is 12.9. The quantitative estimate of drug-likeness (QED) is 0.743. The number of aryl methyl sites for hydroxylation is 1. The monoisotopic (exact) mass is 280 g/mol. The molecule has 0 saturated heterocycles. The van der Waals surface area contributed by atoms with Crippen LogP contribution in [0, 0.1) is 18.3 Å². The maximum absolute atomic E-state index is 11.6. The van der Waals surface area contributed by atoms with Crippen LogP contribution in [0.1, 0.15) is 16.8 Å². The molecule has 2 aromatic rings. The molecule has 2 heterocycles. The van der Waals surface area contributed by atoms with Gasteiger partial charge in [0.25, 0.3) is 5.56 Å². The molecule has 1 aromatic heterocycles. The Bertz CT molecular complexity index is 846. The minimum Gasteiger partial charge on any atom is -0.334 e. The summed E-state index contributed by atoms with van der Waals surface area (Å²) in [5.74, 6) is 0. The van der Waals surface area contributed by atoms with Gasteiger partial charge in [-0.15, -0.1) is 0 Å². The van der Waals surface area contributed by atoms with E-state index in [0.29, 0.717) is 12.2 Å². The topological polar surface area (TPSA) is 97.8 Å². The molecule has 2 amide bonds. The Labute approximate surface area is 120 Å². The molecule has 0 unspecified atom stereocenters. The summed E-state index contributed by atoms with van der Waals surface area (Å²) in [7, 11) is 0. The third-order valence-corrected chi connectivity index (χ3v) is 3.46. The summed E-state index contributed by atoms with van der Waals surface area (Å²) in [6, 6.07) is 8.86. The van der Waals surface area contributed by atoms with Gasteiger partial charge in [-0.05, 0) is 36.2 Å². The molecule has 6 heteroatoms. The summed E-state index contributed by atoms with van der Waals surface area (Å²) >= 11 is 0. The van der Waals surface area contributed by atoms with Crippen molar-refractivity contribution in [3.63, 3.8) is 0 Å². The van der Waals surface area contributed by atoms with E-state index in [0.717, 1.165) is 22.4 Å². The molecular formula is C15H12N4O2. The van der Waals surface area contributed by atoms with E-state index in [1.165, 1.54) is 0 Å². The number of aromatic nitrogens is 1. The number of benzene rings is 1. The Morgan fingerprint density at radius 2 is 2.05 bits per heavy atom. The number of carbonyl (C=O) groups excluding carboxylic acids is 1. The van der Waals surface area contributed by atoms with Gasteiger partial charge in [0.15, 0.2) is 0 Å². The second-order valence-electron chi connectivity index (χ2n) is 4.84. The molecule has 0 atom stereocenters. The zero-order valence-electron chi connectivity index (χ0n) is 11.3. The van der Waals surface area contributed by atoms with Crippen molar-refractivity contribution >= 4 is 11.7 Å². The van der Waals surface area contributed by atoms with E-state index in [4.69, 9.17) is 5.26 Å². The molecular weight excluding hydrogens is 268 g/mol. The number of nitrogens with one attached hydrogen (secondary N) is 3. The maximum Gasteiger partial charge on any atom is 0.319 e. The highest BCUT2D eigenvalue weighted by molar-refractivity contribution is 5.92. The number of H-pyrrole nitrogens is 1. The van der Waals surface area contributed by atoms with Gasteiger partial charge < -0.3 is 15.6 Å². The summed E-state index contributed by atoms with van der Waals surface area (Å²) in [5, 5.41) is 14.4. The van der Waals surface area contributed by atoms with Crippen LogP contribution >= 0.6 is 0 Å². The first-order chi connectivity index (χ1) is 10.1. The van der Waals surface area contributed by atoms with Crippen LogP contribution in [0.4, 0.5) is 10.5 Å². The lowest BCUT2D eigenvalue weighted by Gasteiger charge is -2.19. The summed E-state index contributed by atoms with van der Waals surface area (Å²) in [5.41, 5.74) is 3.81. The molecule has 3 N–H and O–H groups in total. The summed E-state index contributed by atoms with van der Waals surface area (Å²) in [6.45, 7) is 2.24. The van der Waals surface area contributed by atoms with Gasteiger partial charge in [-0.3, -0.25) is 4.79 Å². The third-order valence-electron chi connectivity index (χ3n) is 3.46. The van der Waals surface area contributed by atoms with Crippen molar-refractivity contribution in [1.82, 2.24) is 10.3 Å². The van der Waals surface area contributed by atoms with Gasteiger partial charge in [0.1, 0.15) is 11.6 Å². The van der Waals surface area contributed by atoms with E-state index in [1.54, 1.807) is 13.0 Å². The number of urea groups is 1. The van der Waals surface area contributed by atoms with Crippen molar-refractivity contribution in [3.8, 4) is 17.2 Å². The molecule has 21 heavy (non-hydrogen) atoms. The molecule has 0 aliphatic carbocycles. The molecule has 104 valence electrons. The van der Waals surface area contributed by atoms with Crippen LogP contribution in [0.25, 0.3) is 11.1 Å². The van der Waals surface area contributed by atoms with Gasteiger partial charge >= 0.3 is 6.03 Å². The van der Waals surface area contributed by atoms with Gasteiger partial charge in [-0.2, -0.15) is 5.26 Å². The standard InChI is InChI=1S/C15H12N4O2/c1-8-12(5-10(6-16)14(20)18-8)9-2-3-13-11(4-9)7-17-15(21)19-13/h2-5H,7H2,1H3,(H,18,20)(H2,17,19,21). The van der Waals surface area contributed by atoms with Gasteiger partial charge in [0.2, 0.25) is 0 Å². The zero-order valence-corrected chi connectivity index (χ0v) is 11.3. The number of hydrogen-bond donors (Lipinski definition) is 3. The number of pyridine rings is 1. The SMILES string of the molecule is Cc1[nH]c(=O)c(C#N)cc1-c1ccc2c(c1)CNC(=O)N2. The van der Waals surface area contributed by atoms with E-state index in [-0.39, 0.29) is 17.2 Å². The third kappa shape index (κ3) is 2.25. The molecule has 0 radical (unpaired) electrons. The van der Waals surface area contributed by atoms with Crippen LogP contribution in [0.15, 0.2) is 29.1 Å². The number of carbonyl (C=O) groups is 1. The Hall–Kier alpha value is -3.07. The lowest BCUT2D eigenvalue weighted by atomic mass is 9.99. The number of hydrogen-bond acceptors (Lipinski definition) is 3. The minimum absolute atomic E-state index is 0.0831. The summed E-state index contributed by atoms with van der Waals surface area (Å²) in [6.07, 6.45) is 0. The maximum atomic E-state index is 11.6. The predicted molar refractivity (Wildman–Crippen MR) is 77.8 cm³/mol. The van der Waals surface area contributed by atoms with Gasteiger partial charge in [-0.25, -0.2) is 4.79 Å². The first kappa shape index (κ1) is 12.9. The molecule has 1 aromatic carbocycles. The van der Waals surface area contributed by atoms with E-state index >= 15 is 0 Å².